The molecule has 0 bridgehead atoms. The summed E-state index contributed by atoms with van der Waals surface area (Å²) in [7, 11) is -4.28. The van der Waals surface area contributed by atoms with Crippen molar-refractivity contribution in [3.63, 3.8) is 0 Å². The van der Waals surface area contributed by atoms with E-state index < -0.39 is 13.4 Å². The largest absolute Gasteiger partial charge is 0.508 e. The van der Waals surface area contributed by atoms with Gasteiger partial charge in [-0.15, -0.1) is 0 Å². The summed E-state index contributed by atoms with van der Waals surface area (Å²) in [6, 6.07) is 5.96. The molecule has 1 aromatic rings. The third-order valence-corrected chi connectivity index (χ3v) is 5.07. The fourth-order valence-electron chi connectivity index (χ4n) is 2.59. The lowest BCUT2D eigenvalue weighted by molar-refractivity contribution is 0.346. The Hall–Kier alpha value is -0.870. The van der Waals surface area contributed by atoms with Crippen molar-refractivity contribution in [3.8, 4) is 5.75 Å². The van der Waals surface area contributed by atoms with Crippen molar-refractivity contribution in [1.29, 1.82) is 0 Å². The molecule has 0 aliphatic rings. The van der Waals surface area contributed by atoms with E-state index in [-0.39, 0.29) is 5.75 Å². The number of unbranched alkanes of at least 4 members (excludes halogenated alkanes) is 7. The van der Waals surface area contributed by atoms with Crippen LogP contribution >= 0.6 is 7.60 Å². The van der Waals surface area contributed by atoms with Crippen LogP contribution in [0.25, 0.3) is 0 Å². The maximum absolute atomic E-state index is 11.7. The molecule has 1 aromatic carbocycles. The summed E-state index contributed by atoms with van der Waals surface area (Å²) >= 11 is 0. The van der Waals surface area contributed by atoms with Crippen LogP contribution in [-0.2, 0) is 4.57 Å². The van der Waals surface area contributed by atoms with Crippen molar-refractivity contribution in [2.75, 3.05) is 6.54 Å². The first-order chi connectivity index (χ1) is 10.9. The molecule has 0 spiro atoms. The molecule has 0 saturated carbocycles. The maximum Gasteiger partial charge on any atom is 0.346 e. The number of benzene rings is 1. The van der Waals surface area contributed by atoms with Crippen LogP contribution < -0.4 is 5.32 Å². The number of rotatable bonds is 12. The Morgan fingerprint density at radius 3 is 2.00 bits per heavy atom. The van der Waals surface area contributed by atoms with Gasteiger partial charge in [0, 0.05) is 0 Å². The third kappa shape index (κ3) is 8.52. The molecule has 0 amide bonds. The predicted octanol–water partition coefficient (Wildman–Crippen LogP) is 4.30. The third-order valence-electron chi connectivity index (χ3n) is 3.91. The molecule has 0 aliphatic carbocycles. The van der Waals surface area contributed by atoms with E-state index in [0.29, 0.717) is 12.1 Å². The molecule has 0 fully saturated rings. The van der Waals surface area contributed by atoms with Crippen molar-refractivity contribution in [3.05, 3.63) is 29.8 Å². The van der Waals surface area contributed by atoms with Crippen LogP contribution in [0.5, 0.6) is 5.75 Å². The molecule has 1 atom stereocenters. The maximum atomic E-state index is 11.7. The topological polar surface area (TPSA) is 89.8 Å². The Kier molecular flexibility index (Phi) is 9.49. The van der Waals surface area contributed by atoms with Crippen LogP contribution in [-0.4, -0.2) is 21.4 Å². The number of nitrogens with one attached hydrogen (secondary N) is 1. The van der Waals surface area contributed by atoms with Gasteiger partial charge < -0.3 is 14.9 Å². The highest BCUT2D eigenvalue weighted by atomic mass is 31.2. The minimum Gasteiger partial charge on any atom is -0.508 e. The highest BCUT2D eigenvalue weighted by Crippen LogP contribution is 2.49. The summed E-state index contributed by atoms with van der Waals surface area (Å²) in [6.45, 7) is 2.78. The van der Waals surface area contributed by atoms with Crippen molar-refractivity contribution in [2.24, 2.45) is 0 Å². The van der Waals surface area contributed by atoms with E-state index in [4.69, 9.17) is 0 Å². The Balaban J connectivity index is 2.31. The van der Waals surface area contributed by atoms with E-state index >= 15 is 0 Å². The lowest BCUT2D eigenvalue weighted by atomic mass is 10.1. The van der Waals surface area contributed by atoms with Crippen molar-refractivity contribution in [1.82, 2.24) is 5.32 Å². The van der Waals surface area contributed by atoms with Crippen molar-refractivity contribution in [2.45, 2.75) is 64.1 Å². The molecule has 4 N–H and O–H groups in total. The van der Waals surface area contributed by atoms with Gasteiger partial charge in [0.05, 0.1) is 0 Å². The Morgan fingerprint density at radius 2 is 1.48 bits per heavy atom. The Labute approximate surface area is 139 Å². The summed E-state index contributed by atoms with van der Waals surface area (Å²) in [5, 5.41) is 12.2. The van der Waals surface area contributed by atoms with E-state index in [0.717, 1.165) is 12.8 Å². The van der Waals surface area contributed by atoms with Gasteiger partial charge >= 0.3 is 7.60 Å². The van der Waals surface area contributed by atoms with Crippen LogP contribution in [0.1, 0.15) is 69.6 Å². The summed E-state index contributed by atoms with van der Waals surface area (Å²) in [5.41, 5.74) is 0.496. The fourth-order valence-corrected chi connectivity index (χ4v) is 3.51. The Morgan fingerprint density at radius 1 is 0.957 bits per heavy atom. The molecule has 5 nitrogen and oxygen atoms in total. The van der Waals surface area contributed by atoms with Gasteiger partial charge in [-0.05, 0) is 30.7 Å². The van der Waals surface area contributed by atoms with Gasteiger partial charge in [0.25, 0.3) is 0 Å². The fraction of sp³-hybridized carbons (Fsp3) is 0.647. The van der Waals surface area contributed by atoms with Gasteiger partial charge in [-0.2, -0.15) is 0 Å². The quantitative estimate of drug-likeness (QED) is 0.336. The van der Waals surface area contributed by atoms with Crippen LogP contribution in [0.15, 0.2) is 24.3 Å². The molecular weight excluding hydrogens is 313 g/mol. The van der Waals surface area contributed by atoms with Crippen molar-refractivity contribution < 1.29 is 19.5 Å². The number of aromatic hydroxyl groups is 1. The average Bonchev–Trinajstić information content (AvgIpc) is 2.49. The molecule has 0 saturated heterocycles. The first-order valence-electron chi connectivity index (χ1n) is 8.52. The van der Waals surface area contributed by atoms with E-state index in [9.17, 15) is 19.5 Å². The number of phenolic OH excluding ortho intramolecular Hbond substituents is 1. The first kappa shape index (κ1) is 20.2. The van der Waals surface area contributed by atoms with Crippen LogP contribution in [0, 0.1) is 0 Å². The van der Waals surface area contributed by atoms with Crippen LogP contribution in [0.4, 0.5) is 0 Å². The second-order valence-electron chi connectivity index (χ2n) is 6.01. The second-order valence-corrected chi connectivity index (χ2v) is 7.71. The van der Waals surface area contributed by atoms with Crippen LogP contribution in [0.3, 0.4) is 0 Å². The van der Waals surface area contributed by atoms with Gasteiger partial charge in [-0.25, -0.2) is 0 Å². The van der Waals surface area contributed by atoms with E-state index in [1.54, 1.807) is 12.1 Å². The molecule has 0 aliphatic heterocycles. The molecule has 1 unspecified atom stereocenters. The SMILES string of the molecule is CCCCCCCCCCNC(c1ccc(O)cc1)P(=O)(O)O. The van der Waals surface area contributed by atoms with Crippen molar-refractivity contribution >= 4 is 7.60 Å². The number of phenols is 1. The van der Waals surface area contributed by atoms with Gasteiger partial charge in [-0.1, -0.05) is 64.0 Å². The number of hydrogen-bond donors (Lipinski definition) is 4. The molecule has 132 valence electrons. The van der Waals surface area contributed by atoms with Gasteiger partial charge in [0.15, 0.2) is 0 Å². The highest BCUT2D eigenvalue weighted by molar-refractivity contribution is 7.52. The second kappa shape index (κ2) is 10.8. The van der Waals surface area contributed by atoms with Gasteiger partial charge in [0.1, 0.15) is 11.5 Å². The minimum atomic E-state index is -4.28. The normalized spacial score (nSPS) is 13.2. The summed E-state index contributed by atoms with van der Waals surface area (Å²) in [6.07, 6.45) is 9.52. The lowest BCUT2D eigenvalue weighted by Crippen LogP contribution is -2.22. The Bertz CT molecular complexity index is 472. The molecule has 0 radical (unpaired) electrons. The van der Waals surface area contributed by atoms with E-state index in [1.165, 1.54) is 50.7 Å². The summed E-state index contributed by atoms with van der Waals surface area (Å²) < 4.78 is 11.7. The number of hydrogen-bond acceptors (Lipinski definition) is 3. The van der Waals surface area contributed by atoms with Gasteiger partial charge in [0.2, 0.25) is 0 Å². The molecule has 0 heterocycles. The monoisotopic (exact) mass is 343 g/mol. The summed E-state index contributed by atoms with van der Waals surface area (Å²) in [5.74, 6) is -0.922. The molecule has 0 aromatic heterocycles. The zero-order valence-corrected chi connectivity index (χ0v) is 14.8. The van der Waals surface area contributed by atoms with Gasteiger partial charge in [-0.3, -0.25) is 9.88 Å². The first-order valence-corrected chi connectivity index (χ1v) is 10.2. The highest BCUT2D eigenvalue weighted by Gasteiger charge is 2.29. The van der Waals surface area contributed by atoms with E-state index in [1.807, 2.05) is 0 Å². The molecule has 6 heteroatoms. The average molecular weight is 343 g/mol. The standard InChI is InChI=1S/C17H30NO4P/c1-2-3-4-5-6-7-8-9-14-18-17(23(20,21)22)15-10-12-16(19)13-11-15/h10-13,17-19H,2-9,14H2,1H3,(H2,20,21,22). The minimum absolute atomic E-state index is 0.0845. The zero-order chi connectivity index (χ0) is 17.1. The molecule has 23 heavy (non-hydrogen) atoms. The van der Waals surface area contributed by atoms with E-state index in [2.05, 4.69) is 12.2 Å². The summed E-state index contributed by atoms with van der Waals surface area (Å²) in [4.78, 5) is 19.0. The zero-order valence-electron chi connectivity index (χ0n) is 13.9. The molecular formula is C17H30NO4P. The van der Waals surface area contributed by atoms with Crippen LogP contribution in [0.2, 0.25) is 0 Å². The smallest absolute Gasteiger partial charge is 0.346 e. The predicted molar refractivity (Wildman–Crippen MR) is 93.5 cm³/mol. The molecule has 1 rings (SSSR count). The lowest BCUT2D eigenvalue weighted by Gasteiger charge is -2.20.